The van der Waals surface area contributed by atoms with Crippen LogP contribution in [0.3, 0.4) is 0 Å². The highest BCUT2D eigenvalue weighted by Crippen LogP contribution is 2.25. The molecule has 0 bridgehead atoms. The van der Waals surface area contributed by atoms with Gasteiger partial charge < -0.3 is 25.4 Å². The molecule has 1 unspecified atom stereocenters. The summed E-state index contributed by atoms with van der Waals surface area (Å²) in [5, 5.41) is 9.68. The summed E-state index contributed by atoms with van der Waals surface area (Å²) in [7, 11) is 0. The minimum absolute atomic E-state index is 0. The molecular weight excluding hydrogens is 511 g/mol. The highest BCUT2D eigenvalue weighted by molar-refractivity contribution is 14.0. The van der Waals surface area contributed by atoms with Crippen molar-refractivity contribution >= 4 is 42.0 Å². The largest absolute Gasteiger partial charge is 0.466 e. The summed E-state index contributed by atoms with van der Waals surface area (Å²) >= 11 is 0. The summed E-state index contributed by atoms with van der Waals surface area (Å²) in [6.07, 6.45) is 3.02. The quantitative estimate of drug-likeness (QED) is 0.183. The molecule has 1 aliphatic carbocycles. The number of hydrogen-bond donors (Lipinski definition) is 3. The van der Waals surface area contributed by atoms with E-state index < -0.39 is 11.7 Å². The van der Waals surface area contributed by atoms with Crippen molar-refractivity contribution in [2.24, 2.45) is 16.8 Å². The topological polar surface area (TPSA) is 101 Å². The van der Waals surface area contributed by atoms with E-state index in [9.17, 15) is 9.59 Å². The van der Waals surface area contributed by atoms with Crippen molar-refractivity contribution in [1.82, 2.24) is 16.0 Å². The van der Waals surface area contributed by atoms with Crippen LogP contribution in [0.2, 0.25) is 0 Å². The zero-order valence-corrected chi connectivity index (χ0v) is 22.6. The van der Waals surface area contributed by atoms with Crippen LogP contribution in [0.5, 0.6) is 0 Å². The summed E-state index contributed by atoms with van der Waals surface area (Å²) in [6, 6.07) is 0.139. The highest BCUT2D eigenvalue weighted by Gasteiger charge is 2.28. The third-order valence-corrected chi connectivity index (χ3v) is 4.99. The summed E-state index contributed by atoms with van der Waals surface area (Å²) in [6.45, 7) is 15.1. The van der Waals surface area contributed by atoms with Crippen LogP contribution in [-0.4, -0.2) is 55.4 Å². The zero-order chi connectivity index (χ0) is 22.7. The first-order chi connectivity index (χ1) is 14.1. The van der Waals surface area contributed by atoms with Gasteiger partial charge in [-0.25, -0.2) is 4.79 Å². The smallest absolute Gasteiger partial charge is 0.407 e. The first-order valence-electron chi connectivity index (χ1n) is 11.3. The predicted octanol–water partition coefficient (Wildman–Crippen LogP) is 3.83. The van der Waals surface area contributed by atoms with Gasteiger partial charge in [0.2, 0.25) is 0 Å². The standard InChI is InChI=1S/C22H42N4O4.HI/c1-8-23-20(25-17-12-10-16(11-13-17)19(27)29-9-2)24-14-18(15(3)4)26-21(28)30-22(5,6)7;/h15-18H,8-14H2,1-7H3,(H,26,28)(H2,23,24,25);1H. The van der Waals surface area contributed by atoms with Crippen LogP contribution >= 0.6 is 24.0 Å². The SMILES string of the molecule is CCNC(=NCC(NC(=O)OC(C)(C)C)C(C)C)NC1CCC(C(=O)OCC)CC1.I. The fourth-order valence-corrected chi connectivity index (χ4v) is 3.32. The van der Waals surface area contributed by atoms with Gasteiger partial charge in [0, 0.05) is 12.6 Å². The molecule has 1 amide bonds. The minimum Gasteiger partial charge on any atom is -0.466 e. The maximum Gasteiger partial charge on any atom is 0.407 e. The van der Waals surface area contributed by atoms with E-state index in [-0.39, 0.29) is 53.9 Å². The number of rotatable bonds is 8. The molecule has 0 aromatic heterocycles. The van der Waals surface area contributed by atoms with Crippen LogP contribution in [0.4, 0.5) is 4.79 Å². The highest BCUT2D eigenvalue weighted by atomic mass is 127. The van der Waals surface area contributed by atoms with Crippen molar-refractivity contribution in [3.05, 3.63) is 0 Å². The molecule has 1 fully saturated rings. The molecule has 0 heterocycles. The lowest BCUT2D eigenvalue weighted by Crippen LogP contribution is -2.47. The molecule has 0 aromatic carbocycles. The second-order valence-electron chi connectivity index (χ2n) is 9.16. The van der Waals surface area contributed by atoms with E-state index in [2.05, 4.69) is 29.8 Å². The van der Waals surface area contributed by atoms with Gasteiger partial charge in [0.05, 0.1) is 25.1 Å². The minimum atomic E-state index is -0.534. The third-order valence-electron chi connectivity index (χ3n) is 4.99. The van der Waals surface area contributed by atoms with Gasteiger partial charge in [-0.3, -0.25) is 9.79 Å². The number of hydrogen-bond acceptors (Lipinski definition) is 5. The maximum absolute atomic E-state index is 12.1. The number of carbonyl (C=O) groups excluding carboxylic acids is 2. The third kappa shape index (κ3) is 12.4. The van der Waals surface area contributed by atoms with Crippen molar-refractivity contribution < 1.29 is 19.1 Å². The van der Waals surface area contributed by atoms with Crippen LogP contribution in [0.1, 0.15) is 74.1 Å². The number of amides is 1. The molecule has 0 aromatic rings. The van der Waals surface area contributed by atoms with Gasteiger partial charge in [-0.05, 0) is 66.2 Å². The van der Waals surface area contributed by atoms with Gasteiger partial charge in [0.25, 0.3) is 0 Å². The Bertz CT molecular complexity index is 570. The predicted molar refractivity (Wildman–Crippen MR) is 135 cm³/mol. The Labute approximate surface area is 205 Å². The van der Waals surface area contributed by atoms with Crippen molar-refractivity contribution in [3.8, 4) is 0 Å². The molecule has 0 saturated heterocycles. The first-order valence-corrected chi connectivity index (χ1v) is 11.3. The van der Waals surface area contributed by atoms with Gasteiger partial charge in [0.15, 0.2) is 5.96 Å². The van der Waals surface area contributed by atoms with Crippen molar-refractivity contribution in [2.45, 2.75) is 91.8 Å². The molecule has 8 nitrogen and oxygen atoms in total. The van der Waals surface area contributed by atoms with Crippen LogP contribution < -0.4 is 16.0 Å². The second-order valence-corrected chi connectivity index (χ2v) is 9.16. The summed E-state index contributed by atoms with van der Waals surface area (Å²) < 4.78 is 10.5. The van der Waals surface area contributed by atoms with Crippen molar-refractivity contribution in [1.29, 1.82) is 0 Å². The zero-order valence-electron chi connectivity index (χ0n) is 20.2. The summed E-state index contributed by atoms with van der Waals surface area (Å²) in [4.78, 5) is 28.8. The molecule has 3 N–H and O–H groups in total. The molecule has 1 aliphatic rings. The van der Waals surface area contributed by atoms with E-state index in [4.69, 9.17) is 14.5 Å². The Morgan fingerprint density at radius 1 is 1.10 bits per heavy atom. The van der Waals surface area contributed by atoms with Gasteiger partial charge >= 0.3 is 12.1 Å². The number of ether oxygens (including phenoxy) is 2. The van der Waals surface area contributed by atoms with E-state index in [0.29, 0.717) is 13.2 Å². The molecule has 182 valence electrons. The monoisotopic (exact) mass is 554 g/mol. The van der Waals surface area contributed by atoms with Crippen LogP contribution in [-0.2, 0) is 14.3 Å². The molecule has 9 heteroatoms. The number of halogens is 1. The molecule has 1 atom stereocenters. The van der Waals surface area contributed by atoms with Gasteiger partial charge in [-0.1, -0.05) is 13.8 Å². The van der Waals surface area contributed by atoms with E-state index >= 15 is 0 Å². The van der Waals surface area contributed by atoms with Crippen molar-refractivity contribution in [3.63, 3.8) is 0 Å². The number of guanidine groups is 1. The van der Waals surface area contributed by atoms with Crippen LogP contribution in [0.25, 0.3) is 0 Å². The lowest BCUT2D eigenvalue weighted by atomic mass is 9.86. The lowest BCUT2D eigenvalue weighted by Gasteiger charge is -2.29. The number of esters is 1. The van der Waals surface area contributed by atoms with E-state index in [1.54, 1.807) is 0 Å². The fraction of sp³-hybridized carbons (Fsp3) is 0.864. The van der Waals surface area contributed by atoms with Gasteiger partial charge in [-0.2, -0.15) is 0 Å². The molecule has 0 spiro atoms. The number of carbonyl (C=O) groups is 2. The lowest BCUT2D eigenvalue weighted by molar-refractivity contribution is -0.149. The Kier molecular flexibility index (Phi) is 14.1. The first kappa shape index (κ1) is 29.7. The van der Waals surface area contributed by atoms with E-state index in [0.717, 1.165) is 38.2 Å². The van der Waals surface area contributed by atoms with E-state index in [1.807, 2.05) is 34.6 Å². The fourth-order valence-electron chi connectivity index (χ4n) is 3.32. The summed E-state index contributed by atoms with van der Waals surface area (Å²) in [5.74, 6) is 0.869. The van der Waals surface area contributed by atoms with Crippen LogP contribution in [0, 0.1) is 11.8 Å². The summed E-state index contributed by atoms with van der Waals surface area (Å²) in [5.41, 5.74) is -0.534. The molecule has 1 rings (SSSR count). The number of aliphatic imine (C=N–C) groups is 1. The Morgan fingerprint density at radius 2 is 1.71 bits per heavy atom. The van der Waals surface area contributed by atoms with Gasteiger partial charge in [0.1, 0.15) is 5.60 Å². The van der Waals surface area contributed by atoms with Crippen molar-refractivity contribution in [2.75, 3.05) is 19.7 Å². The number of nitrogens with one attached hydrogen (secondary N) is 3. The number of nitrogens with zero attached hydrogens (tertiary/aromatic N) is 1. The maximum atomic E-state index is 12.1. The van der Waals surface area contributed by atoms with E-state index in [1.165, 1.54) is 0 Å². The average molecular weight is 555 g/mol. The van der Waals surface area contributed by atoms with Crippen LogP contribution in [0.15, 0.2) is 4.99 Å². The Balaban J connectivity index is 0.00000900. The average Bonchev–Trinajstić information content (AvgIpc) is 2.64. The Hall–Kier alpha value is -1.26. The second kappa shape index (κ2) is 14.7. The number of alkyl carbamates (subject to hydrolysis) is 1. The molecule has 0 aliphatic heterocycles. The Morgan fingerprint density at radius 3 is 2.19 bits per heavy atom. The molecule has 0 radical (unpaired) electrons. The molecule has 31 heavy (non-hydrogen) atoms. The molecule has 1 saturated carbocycles. The normalized spacial score (nSPS) is 20.3. The molecular formula is C22H43IN4O4. The van der Waals surface area contributed by atoms with Gasteiger partial charge in [-0.15, -0.1) is 24.0 Å².